The summed E-state index contributed by atoms with van der Waals surface area (Å²) in [7, 11) is 0. The lowest BCUT2D eigenvalue weighted by Crippen LogP contribution is -2.41. The van der Waals surface area contributed by atoms with Crippen LogP contribution in [0.1, 0.15) is 33.1 Å². The summed E-state index contributed by atoms with van der Waals surface area (Å²) in [6.45, 7) is 9.14. The number of aromatic nitrogens is 2. The van der Waals surface area contributed by atoms with Gasteiger partial charge in [0.05, 0.1) is 19.8 Å². The van der Waals surface area contributed by atoms with E-state index in [0.717, 1.165) is 51.5 Å². The molecule has 0 aliphatic carbocycles. The molecule has 1 amide bonds. The predicted molar refractivity (Wildman–Crippen MR) is 124 cm³/mol. The van der Waals surface area contributed by atoms with Crippen molar-refractivity contribution in [2.24, 2.45) is 0 Å². The first-order valence-electron chi connectivity index (χ1n) is 11.4. The quantitative estimate of drug-likeness (QED) is 0.509. The number of ether oxygens (including phenoxy) is 1. The highest BCUT2D eigenvalue weighted by atomic mass is 16.5. The third-order valence-electron chi connectivity index (χ3n) is 5.64. The van der Waals surface area contributed by atoms with Crippen LogP contribution in [0.4, 0.5) is 0 Å². The average Bonchev–Trinajstić information content (AvgIpc) is 3.31. The molecule has 0 unspecified atom stereocenters. The Labute approximate surface area is 194 Å². The van der Waals surface area contributed by atoms with Gasteiger partial charge in [-0.05, 0) is 24.1 Å². The molecule has 3 heterocycles. The fourth-order valence-corrected chi connectivity index (χ4v) is 3.85. The molecule has 1 saturated heterocycles. The Morgan fingerprint density at radius 3 is 2.79 bits per heavy atom. The van der Waals surface area contributed by atoms with Gasteiger partial charge in [0.25, 0.3) is 5.91 Å². The van der Waals surface area contributed by atoms with Crippen molar-refractivity contribution in [3.8, 4) is 0 Å². The van der Waals surface area contributed by atoms with Gasteiger partial charge in [-0.25, -0.2) is 4.98 Å². The minimum Gasteiger partial charge on any atom is -0.447 e. The van der Waals surface area contributed by atoms with Crippen molar-refractivity contribution in [3.63, 3.8) is 0 Å². The van der Waals surface area contributed by atoms with E-state index >= 15 is 0 Å². The number of rotatable bonds is 10. The van der Waals surface area contributed by atoms with Gasteiger partial charge in [-0.1, -0.05) is 35.9 Å². The Bertz CT molecular complexity index is 1020. The molecule has 0 spiro atoms. The second kappa shape index (κ2) is 11.7. The zero-order valence-electron chi connectivity index (χ0n) is 19.1. The van der Waals surface area contributed by atoms with Gasteiger partial charge >= 0.3 is 0 Å². The van der Waals surface area contributed by atoms with Crippen molar-refractivity contribution < 1.29 is 13.9 Å². The Balaban J connectivity index is 1.37. The number of carbonyl (C=O) groups is 1. The van der Waals surface area contributed by atoms with Crippen LogP contribution >= 0.6 is 0 Å². The van der Waals surface area contributed by atoms with Crippen LogP contribution in [0.25, 0.3) is 0 Å². The molecule has 0 saturated carbocycles. The number of pyridine rings is 1. The van der Waals surface area contributed by atoms with Gasteiger partial charge in [0.2, 0.25) is 5.89 Å². The highest BCUT2D eigenvalue weighted by Crippen LogP contribution is 2.13. The largest absolute Gasteiger partial charge is 0.447 e. The van der Waals surface area contributed by atoms with E-state index in [4.69, 9.17) is 9.15 Å². The molecule has 1 fully saturated rings. The number of amides is 1. The van der Waals surface area contributed by atoms with Crippen molar-refractivity contribution in [1.29, 1.82) is 0 Å². The van der Waals surface area contributed by atoms with Crippen LogP contribution in [0, 0.1) is 6.92 Å². The van der Waals surface area contributed by atoms with E-state index in [1.54, 1.807) is 12.4 Å². The number of hydrogen-bond acceptors (Lipinski definition) is 7. The Hall–Kier alpha value is -3.07. The maximum atomic E-state index is 12.5. The van der Waals surface area contributed by atoms with Gasteiger partial charge in [-0.15, -0.1) is 0 Å². The maximum absolute atomic E-state index is 12.5. The number of carbonyl (C=O) groups excluding carboxylic acids is 1. The van der Waals surface area contributed by atoms with E-state index in [2.05, 4.69) is 56.3 Å². The highest BCUT2D eigenvalue weighted by Gasteiger charge is 2.17. The van der Waals surface area contributed by atoms with Gasteiger partial charge in [0.1, 0.15) is 6.26 Å². The fourth-order valence-electron chi connectivity index (χ4n) is 3.85. The first-order chi connectivity index (χ1) is 16.2. The maximum Gasteiger partial charge on any atom is 0.273 e. The molecule has 3 aromatic rings. The summed E-state index contributed by atoms with van der Waals surface area (Å²) < 4.78 is 11.1. The molecule has 0 radical (unpaired) electrons. The number of benzene rings is 1. The van der Waals surface area contributed by atoms with Gasteiger partial charge < -0.3 is 14.5 Å². The van der Waals surface area contributed by atoms with Crippen LogP contribution in [0.15, 0.2) is 59.5 Å². The number of oxazole rings is 1. The zero-order valence-corrected chi connectivity index (χ0v) is 19.1. The number of nitrogens with zero attached hydrogens (tertiary/aromatic N) is 4. The van der Waals surface area contributed by atoms with Crippen molar-refractivity contribution in [1.82, 2.24) is 25.1 Å². The van der Waals surface area contributed by atoms with Crippen LogP contribution in [0.3, 0.4) is 0 Å². The molecule has 0 bridgehead atoms. The zero-order chi connectivity index (χ0) is 22.9. The first-order valence-corrected chi connectivity index (χ1v) is 11.4. The highest BCUT2D eigenvalue weighted by molar-refractivity contribution is 5.91. The molecular formula is C25H31N5O3. The molecule has 1 aliphatic rings. The molecule has 174 valence electrons. The number of morpholine rings is 1. The van der Waals surface area contributed by atoms with Crippen LogP contribution in [0.5, 0.6) is 0 Å². The Morgan fingerprint density at radius 1 is 1.15 bits per heavy atom. The second-order valence-electron chi connectivity index (χ2n) is 8.32. The summed E-state index contributed by atoms with van der Waals surface area (Å²) in [5.41, 5.74) is 3.71. The van der Waals surface area contributed by atoms with Gasteiger partial charge in [0, 0.05) is 51.7 Å². The summed E-state index contributed by atoms with van der Waals surface area (Å²) in [5.74, 6) is 0.281. The van der Waals surface area contributed by atoms with Gasteiger partial charge in [0.15, 0.2) is 5.69 Å². The SMILES string of the molecule is Cc1cccc(CN(CCN2CCOCC2)Cc2nc(C(=O)NCc3cccnc3)co2)c1. The van der Waals surface area contributed by atoms with Crippen molar-refractivity contribution in [2.45, 2.75) is 26.6 Å². The fraction of sp³-hybridized carbons (Fsp3) is 0.400. The molecule has 1 aromatic carbocycles. The molecule has 33 heavy (non-hydrogen) atoms. The number of hydrogen-bond donors (Lipinski definition) is 1. The molecule has 2 aromatic heterocycles. The molecule has 1 N–H and O–H groups in total. The second-order valence-corrected chi connectivity index (χ2v) is 8.32. The summed E-state index contributed by atoms with van der Waals surface area (Å²) in [6, 6.07) is 12.3. The molecular weight excluding hydrogens is 418 g/mol. The normalized spacial score (nSPS) is 14.5. The molecule has 0 atom stereocenters. The predicted octanol–water partition coefficient (Wildman–Crippen LogP) is 2.64. The third kappa shape index (κ3) is 7.21. The molecule has 1 aliphatic heterocycles. The van der Waals surface area contributed by atoms with E-state index in [1.807, 2.05) is 12.1 Å². The molecule has 8 nitrogen and oxygen atoms in total. The van der Waals surface area contributed by atoms with E-state index in [0.29, 0.717) is 19.0 Å². The average molecular weight is 450 g/mol. The van der Waals surface area contributed by atoms with Crippen LogP contribution in [-0.4, -0.2) is 65.1 Å². The Kier molecular flexibility index (Phi) is 8.19. The van der Waals surface area contributed by atoms with E-state index in [-0.39, 0.29) is 11.6 Å². The smallest absolute Gasteiger partial charge is 0.273 e. The lowest BCUT2D eigenvalue weighted by molar-refractivity contribution is 0.0320. The number of aryl methyl sites for hydroxylation is 1. The summed E-state index contributed by atoms with van der Waals surface area (Å²) in [5, 5.41) is 2.86. The van der Waals surface area contributed by atoms with Crippen LogP contribution < -0.4 is 5.32 Å². The van der Waals surface area contributed by atoms with Gasteiger partial charge in [-0.3, -0.25) is 19.6 Å². The summed E-state index contributed by atoms with van der Waals surface area (Å²) in [4.78, 5) is 25.7. The lowest BCUT2D eigenvalue weighted by Gasteiger charge is -2.29. The minimum atomic E-state index is -0.257. The van der Waals surface area contributed by atoms with E-state index in [9.17, 15) is 4.79 Å². The van der Waals surface area contributed by atoms with Crippen molar-refractivity contribution in [2.75, 3.05) is 39.4 Å². The van der Waals surface area contributed by atoms with Crippen LogP contribution in [0.2, 0.25) is 0 Å². The summed E-state index contributed by atoms with van der Waals surface area (Å²) >= 11 is 0. The van der Waals surface area contributed by atoms with E-state index < -0.39 is 0 Å². The topological polar surface area (TPSA) is 83.7 Å². The third-order valence-corrected chi connectivity index (χ3v) is 5.64. The summed E-state index contributed by atoms with van der Waals surface area (Å²) in [6.07, 6.45) is 4.86. The molecule has 8 heteroatoms. The van der Waals surface area contributed by atoms with Crippen molar-refractivity contribution >= 4 is 5.91 Å². The standard InChI is InChI=1S/C25H31N5O3/c1-20-4-2-5-21(14-20)17-30(9-8-29-10-12-32-13-11-29)18-24-28-23(19-33-24)25(31)27-16-22-6-3-7-26-15-22/h2-7,14-15,19H,8-13,16-18H2,1H3,(H,27,31). The lowest BCUT2D eigenvalue weighted by atomic mass is 10.1. The number of nitrogens with one attached hydrogen (secondary N) is 1. The van der Waals surface area contributed by atoms with Crippen LogP contribution in [-0.2, 0) is 24.4 Å². The van der Waals surface area contributed by atoms with Gasteiger partial charge in [-0.2, -0.15) is 0 Å². The van der Waals surface area contributed by atoms with Crippen molar-refractivity contribution in [3.05, 3.63) is 83.3 Å². The Morgan fingerprint density at radius 2 is 2.00 bits per heavy atom. The monoisotopic (exact) mass is 449 g/mol. The first kappa shape index (κ1) is 23.1. The molecule has 4 rings (SSSR count). The van der Waals surface area contributed by atoms with E-state index in [1.165, 1.54) is 17.4 Å². The minimum absolute atomic E-state index is 0.257.